The lowest BCUT2D eigenvalue weighted by Crippen LogP contribution is -2.40. The molecule has 1 aromatic rings. The Balaban J connectivity index is 1.61. The fraction of sp³-hybridized carbons (Fsp3) is 0.500. The van der Waals surface area contributed by atoms with E-state index < -0.39 is 0 Å². The second-order valence-corrected chi connectivity index (χ2v) is 5.39. The van der Waals surface area contributed by atoms with Crippen molar-refractivity contribution in [1.29, 1.82) is 0 Å². The summed E-state index contributed by atoms with van der Waals surface area (Å²) in [5, 5.41) is 0. The highest BCUT2D eigenvalue weighted by atomic mass is 32.2. The van der Waals surface area contributed by atoms with Gasteiger partial charge in [-0.15, -0.1) is 0 Å². The summed E-state index contributed by atoms with van der Waals surface area (Å²) in [5.41, 5.74) is 1.32. The molecule has 2 rings (SSSR count). The van der Waals surface area contributed by atoms with Crippen LogP contribution in [0.1, 0.15) is 12.0 Å². The van der Waals surface area contributed by atoms with Crippen LogP contribution < -0.4 is 0 Å². The van der Waals surface area contributed by atoms with Gasteiger partial charge in [0.15, 0.2) is 0 Å². The van der Waals surface area contributed by atoms with E-state index in [4.69, 9.17) is 4.74 Å². The summed E-state index contributed by atoms with van der Waals surface area (Å²) >= 11 is 1.82. The molecule has 3 nitrogen and oxygen atoms in total. The topological polar surface area (TPSA) is 29.5 Å². The molecule has 4 heteroatoms. The van der Waals surface area contributed by atoms with Crippen molar-refractivity contribution in [2.75, 3.05) is 32.1 Å². The van der Waals surface area contributed by atoms with Gasteiger partial charge in [-0.25, -0.2) is 0 Å². The van der Waals surface area contributed by atoms with Crippen LogP contribution in [0.4, 0.5) is 0 Å². The molecular formula is C14H19NO2S. The minimum absolute atomic E-state index is 0.263. The van der Waals surface area contributed by atoms with E-state index in [2.05, 4.69) is 24.3 Å². The molecule has 0 unspecified atom stereocenters. The third-order valence-electron chi connectivity index (χ3n) is 2.94. The number of carbonyl (C=O) groups is 1. The fourth-order valence-corrected chi connectivity index (χ4v) is 2.79. The van der Waals surface area contributed by atoms with E-state index in [0.717, 1.165) is 24.6 Å². The zero-order chi connectivity index (χ0) is 12.6. The highest BCUT2D eigenvalue weighted by molar-refractivity contribution is 7.98. The van der Waals surface area contributed by atoms with Gasteiger partial charge >= 0.3 is 0 Å². The van der Waals surface area contributed by atoms with Crippen LogP contribution in [0, 0.1) is 0 Å². The predicted molar refractivity (Wildman–Crippen MR) is 74.6 cm³/mol. The standard InChI is InChI=1S/C14H19NO2S/c16-14(15-7-9-17-10-8-15)6-11-18-12-13-4-2-1-3-5-13/h1-5H,6-12H2. The zero-order valence-corrected chi connectivity index (χ0v) is 11.3. The molecule has 98 valence electrons. The Morgan fingerprint density at radius 3 is 2.67 bits per heavy atom. The number of hydrogen-bond donors (Lipinski definition) is 0. The van der Waals surface area contributed by atoms with Crippen molar-refractivity contribution in [1.82, 2.24) is 4.90 Å². The maximum absolute atomic E-state index is 11.9. The number of thioether (sulfide) groups is 1. The number of amides is 1. The normalized spacial score (nSPS) is 15.7. The second kappa shape index (κ2) is 7.44. The Kier molecular flexibility index (Phi) is 5.55. The SMILES string of the molecule is O=C(CCSCc1ccccc1)N1CCOCC1. The molecule has 0 atom stereocenters. The molecule has 0 aromatic heterocycles. The van der Waals surface area contributed by atoms with Gasteiger partial charge in [0.05, 0.1) is 13.2 Å². The number of carbonyl (C=O) groups excluding carboxylic acids is 1. The molecule has 18 heavy (non-hydrogen) atoms. The molecule has 1 fully saturated rings. The quantitative estimate of drug-likeness (QED) is 0.764. The molecule has 0 aliphatic carbocycles. The maximum atomic E-state index is 11.9. The monoisotopic (exact) mass is 265 g/mol. The molecule has 0 saturated carbocycles. The Morgan fingerprint density at radius 1 is 1.22 bits per heavy atom. The van der Waals surface area contributed by atoms with E-state index in [-0.39, 0.29) is 5.91 Å². The van der Waals surface area contributed by atoms with Gasteiger partial charge in [-0.1, -0.05) is 30.3 Å². The van der Waals surface area contributed by atoms with Crippen molar-refractivity contribution in [2.24, 2.45) is 0 Å². The van der Waals surface area contributed by atoms with E-state index in [9.17, 15) is 4.79 Å². The van der Waals surface area contributed by atoms with Crippen molar-refractivity contribution in [2.45, 2.75) is 12.2 Å². The van der Waals surface area contributed by atoms with Crippen molar-refractivity contribution >= 4 is 17.7 Å². The smallest absolute Gasteiger partial charge is 0.223 e. The van der Waals surface area contributed by atoms with Gasteiger partial charge in [0.1, 0.15) is 0 Å². The summed E-state index contributed by atoms with van der Waals surface area (Å²) in [6.07, 6.45) is 0.636. The number of benzene rings is 1. The first-order valence-corrected chi connectivity index (χ1v) is 7.49. The third kappa shape index (κ3) is 4.35. The van der Waals surface area contributed by atoms with Crippen LogP contribution in [0.3, 0.4) is 0 Å². The first kappa shape index (κ1) is 13.4. The van der Waals surface area contributed by atoms with Gasteiger partial charge in [-0.2, -0.15) is 11.8 Å². The lowest BCUT2D eigenvalue weighted by molar-refractivity contribution is -0.134. The van der Waals surface area contributed by atoms with Gasteiger partial charge in [0, 0.05) is 31.0 Å². The third-order valence-corrected chi connectivity index (χ3v) is 3.97. The highest BCUT2D eigenvalue weighted by Crippen LogP contribution is 2.13. The van der Waals surface area contributed by atoms with Crippen LogP contribution in [0.2, 0.25) is 0 Å². The Bertz CT molecular complexity index is 363. The summed E-state index contributed by atoms with van der Waals surface area (Å²) in [6.45, 7) is 2.87. The van der Waals surface area contributed by atoms with E-state index in [1.807, 2.05) is 22.7 Å². The molecule has 1 aliphatic heterocycles. The molecule has 0 N–H and O–H groups in total. The second-order valence-electron chi connectivity index (χ2n) is 4.28. The van der Waals surface area contributed by atoms with Crippen LogP contribution in [-0.2, 0) is 15.3 Å². The van der Waals surface area contributed by atoms with Gasteiger partial charge < -0.3 is 9.64 Å². The number of nitrogens with zero attached hydrogens (tertiary/aromatic N) is 1. The van der Waals surface area contributed by atoms with E-state index >= 15 is 0 Å². The molecule has 1 saturated heterocycles. The summed E-state index contributed by atoms with van der Waals surface area (Å²) in [7, 11) is 0. The average Bonchev–Trinajstić information content (AvgIpc) is 2.45. The van der Waals surface area contributed by atoms with Crippen LogP contribution >= 0.6 is 11.8 Å². The van der Waals surface area contributed by atoms with E-state index in [1.165, 1.54) is 5.56 Å². The number of hydrogen-bond acceptors (Lipinski definition) is 3. The van der Waals surface area contributed by atoms with Crippen LogP contribution in [0.5, 0.6) is 0 Å². The zero-order valence-electron chi connectivity index (χ0n) is 10.5. The Labute approximate surface area is 113 Å². The van der Waals surface area contributed by atoms with Crippen molar-refractivity contribution in [3.63, 3.8) is 0 Å². The van der Waals surface area contributed by atoms with E-state index in [0.29, 0.717) is 19.6 Å². The minimum Gasteiger partial charge on any atom is -0.378 e. The van der Waals surface area contributed by atoms with Crippen molar-refractivity contribution in [3.05, 3.63) is 35.9 Å². The van der Waals surface area contributed by atoms with E-state index in [1.54, 1.807) is 0 Å². The summed E-state index contributed by atoms with van der Waals surface area (Å²) in [6, 6.07) is 10.4. The molecule has 0 spiro atoms. The number of morpholine rings is 1. The summed E-state index contributed by atoms with van der Waals surface area (Å²) < 4.78 is 5.23. The molecule has 1 aromatic carbocycles. The number of ether oxygens (including phenoxy) is 1. The van der Waals surface area contributed by atoms with Crippen molar-refractivity contribution in [3.8, 4) is 0 Å². The maximum Gasteiger partial charge on any atom is 0.223 e. The molecule has 0 bridgehead atoms. The summed E-state index contributed by atoms with van der Waals surface area (Å²) in [4.78, 5) is 13.8. The molecular weight excluding hydrogens is 246 g/mol. The molecule has 0 radical (unpaired) electrons. The molecule has 1 heterocycles. The first-order chi connectivity index (χ1) is 8.86. The van der Waals surface area contributed by atoms with Crippen LogP contribution in [0.15, 0.2) is 30.3 Å². The van der Waals surface area contributed by atoms with Gasteiger partial charge in [-0.3, -0.25) is 4.79 Å². The van der Waals surface area contributed by atoms with Gasteiger partial charge in [0.25, 0.3) is 0 Å². The van der Waals surface area contributed by atoms with Crippen LogP contribution in [0.25, 0.3) is 0 Å². The average molecular weight is 265 g/mol. The molecule has 1 aliphatic rings. The predicted octanol–water partition coefficient (Wildman–Crippen LogP) is 2.17. The number of rotatable bonds is 5. The Morgan fingerprint density at radius 2 is 1.94 bits per heavy atom. The van der Waals surface area contributed by atoms with Gasteiger partial charge in [0.2, 0.25) is 5.91 Å². The lowest BCUT2D eigenvalue weighted by Gasteiger charge is -2.26. The van der Waals surface area contributed by atoms with Gasteiger partial charge in [-0.05, 0) is 5.56 Å². The first-order valence-electron chi connectivity index (χ1n) is 6.33. The lowest BCUT2D eigenvalue weighted by atomic mass is 10.2. The minimum atomic E-state index is 0.263. The highest BCUT2D eigenvalue weighted by Gasteiger charge is 2.15. The fourth-order valence-electron chi connectivity index (χ4n) is 1.89. The van der Waals surface area contributed by atoms with Crippen molar-refractivity contribution < 1.29 is 9.53 Å². The summed E-state index contributed by atoms with van der Waals surface area (Å²) in [5.74, 6) is 2.14. The Hall–Kier alpha value is -1.00. The molecule has 1 amide bonds. The van der Waals surface area contributed by atoms with Crippen LogP contribution in [-0.4, -0.2) is 42.9 Å². The largest absolute Gasteiger partial charge is 0.378 e.